The van der Waals surface area contributed by atoms with E-state index < -0.39 is 0 Å². The molecule has 0 unspecified atom stereocenters. The van der Waals surface area contributed by atoms with Crippen LogP contribution in [0.25, 0.3) is 0 Å². The summed E-state index contributed by atoms with van der Waals surface area (Å²) in [5.74, 6) is -1.19. The Kier molecular flexibility index (Phi) is 4.55. The number of nitrogens with zero attached hydrogens (tertiary/aromatic N) is 3. The van der Waals surface area contributed by atoms with Gasteiger partial charge in [0.15, 0.2) is 0 Å². The van der Waals surface area contributed by atoms with Crippen LogP contribution in [0, 0.1) is 18.8 Å². The van der Waals surface area contributed by atoms with E-state index in [-0.39, 0.29) is 35.5 Å². The van der Waals surface area contributed by atoms with E-state index in [1.54, 1.807) is 24.3 Å². The van der Waals surface area contributed by atoms with Crippen molar-refractivity contribution in [3.05, 3.63) is 125 Å². The highest BCUT2D eigenvalue weighted by Crippen LogP contribution is 2.61. The predicted molar refractivity (Wildman–Crippen MR) is 138 cm³/mol. The molecule has 0 N–H and O–H groups in total. The fourth-order valence-corrected chi connectivity index (χ4v) is 6.33. The van der Waals surface area contributed by atoms with Crippen LogP contribution in [0.4, 0.5) is 17.1 Å². The molecule has 2 amide bonds. The first-order valence-corrected chi connectivity index (χ1v) is 12.3. The average Bonchev–Trinajstić information content (AvgIpc) is 3.19. The summed E-state index contributed by atoms with van der Waals surface area (Å²) in [7, 11) is 0. The Morgan fingerprint density at radius 2 is 0.944 bits per heavy atom. The third-order valence-electron chi connectivity index (χ3n) is 7.87. The molecule has 5 nitrogen and oxygen atoms in total. The van der Waals surface area contributed by atoms with Crippen molar-refractivity contribution in [2.75, 3.05) is 4.90 Å². The largest absolute Gasteiger partial charge is 0.274 e. The summed E-state index contributed by atoms with van der Waals surface area (Å²) in [5.41, 5.74) is 7.90. The van der Waals surface area contributed by atoms with E-state index in [2.05, 4.69) is 34.5 Å². The summed E-state index contributed by atoms with van der Waals surface area (Å²) in [5, 5.41) is 8.59. The van der Waals surface area contributed by atoms with Crippen LogP contribution >= 0.6 is 0 Å². The molecule has 0 spiro atoms. The second kappa shape index (κ2) is 7.82. The molecule has 1 heterocycles. The Bertz CT molecular complexity index is 1440. The normalized spacial score (nSPS) is 23.6. The van der Waals surface area contributed by atoms with Crippen molar-refractivity contribution in [3.8, 4) is 0 Å². The first-order valence-electron chi connectivity index (χ1n) is 12.3. The lowest BCUT2D eigenvalue weighted by Gasteiger charge is -2.45. The SMILES string of the molecule is Cc1ccc(N=Nc2ccc(N3C(=O)[C@@H]4C5c6ccccc6C(c6ccccc65)[C@@H]4C3=O)cc2)cc1. The zero-order valence-corrected chi connectivity index (χ0v) is 19.7. The molecule has 2 bridgehead atoms. The Labute approximate surface area is 209 Å². The molecule has 4 aromatic carbocycles. The highest BCUT2D eigenvalue weighted by atomic mass is 16.2. The lowest BCUT2D eigenvalue weighted by Crippen LogP contribution is -2.41. The number of aryl methyl sites for hydroxylation is 1. The molecule has 0 saturated carbocycles. The van der Waals surface area contributed by atoms with Crippen LogP contribution in [0.1, 0.15) is 39.7 Å². The van der Waals surface area contributed by atoms with Crippen molar-refractivity contribution in [3.63, 3.8) is 0 Å². The quantitative estimate of drug-likeness (QED) is 0.244. The third-order valence-corrected chi connectivity index (χ3v) is 7.87. The summed E-state index contributed by atoms with van der Waals surface area (Å²) in [6, 6.07) is 31.6. The van der Waals surface area contributed by atoms with Crippen LogP contribution in [0.3, 0.4) is 0 Å². The van der Waals surface area contributed by atoms with Gasteiger partial charge < -0.3 is 0 Å². The van der Waals surface area contributed by atoms with Gasteiger partial charge in [-0.05, 0) is 65.6 Å². The summed E-state index contributed by atoms with van der Waals surface area (Å²) in [4.78, 5) is 29.1. The highest BCUT2D eigenvalue weighted by molar-refractivity contribution is 6.23. The standard InChI is InChI=1S/C31H23N3O2/c1-18-10-12-19(13-11-18)32-33-20-14-16-21(17-15-20)34-30(35)28-26-22-6-2-3-7-23(22)27(29(28)31(34)36)25-9-5-4-8-24(25)26/h2-17,26-29H,1H3/t26?,27?,28-,29+. The second-order valence-corrected chi connectivity index (χ2v) is 9.83. The van der Waals surface area contributed by atoms with Gasteiger partial charge in [-0.15, -0.1) is 0 Å². The first-order chi connectivity index (χ1) is 17.6. The van der Waals surface area contributed by atoms with E-state index in [1.807, 2.05) is 55.5 Å². The number of rotatable bonds is 3. The highest BCUT2D eigenvalue weighted by Gasteiger charge is 2.61. The summed E-state index contributed by atoms with van der Waals surface area (Å²) in [6.45, 7) is 2.03. The maximum atomic E-state index is 13.8. The van der Waals surface area contributed by atoms with Gasteiger partial charge in [-0.3, -0.25) is 9.59 Å². The topological polar surface area (TPSA) is 62.1 Å². The number of amides is 2. The third kappa shape index (κ3) is 2.95. The van der Waals surface area contributed by atoms with Gasteiger partial charge in [0.1, 0.15) is 0 Å². The van der Waals surface area contributed by atoms with Crippen molar-refractivity contribution in [1.29, 1.82) is 0 Å². The van der Waals surface area contributed by atoms with E-state index in [9.17, 15) is 9.59 Å². The van der Waals surface area contributed by atoms with Crippen molar-refractivity contribution < 1.29 is 9.59 Å². The molecule has 8 rings (SSSR count). The molecular formula is C31H23N3O2. The van der Waals surface area contributed by atoms with Gasteiger partial charge in [-0.25, -0.2) is 4.90 Å². The molecule has 1 fully saturated rings. The molecule has 174 valence electrons. The van der Waals surface area contributed by atoms with Gasteiger partial charge in [0.25, 0.3) is 0 Å². The van der Waals surface area contributed by atoms with E-state index in [1.165, 1.54) is 32.7 Å². The Morgan fingerprint density at radius 1 is 0.556 bits per heavy atom. The maximum Gasteiger partial charge on any atom is 0.238 e. The Morgan fingerprint density at radius 3 is 1.36 bits per heavy atom. The van der Waals surface area contributed by atoms with Gasteiger partial charge in [0.05, 0.1) is 28.9 Å². The van der Waals surface area contributed by atoms with Crippen molar-refractivity contribution in [2.24, 2.45) is 22.1 Å². The zero-order valence-electron chi connectivity index (χ0n) is 19.7. The minimum Gasteiger partial charge on any atom is -0.274 e. The Balaban J connectivity index is 1.23. The van der Waals surface area contributed by atoms with Gasteiger partial charge in [-0.1, -0.05) is 66.2 Å². The first kappa shape index (κ1) is 20.9. The van der Waals surface area contributed by atoms with E-state index in [4.69, 9.17) is 0 Å². The molecule has 5 heteroatoms. The van der Waals surface area contributed by atoms with Gasteiger partial charge in [-0.2, -0.15) is 10.2 Å². The maximum absolute atomic E-state index is 13.8. The molecule has 4 aromatic rings. The van der Waals surface area contributed by atoms with Gasteiger partial charge in [0.2, 0.25) is 11.8 Å². The summed E-state index contributed by atoms with van der Waals surface area (Å²) < 4.78 is 0. The smallest absolute Gasteiger partial charge is 0.238 e. The van der Waals surface area contributed by atoms with Crippen LogP contribution in [-0.2, 0) is 9.59 Å². The van der Waals surface area contributed by atoms with Gasteiger partial charge >= 0.3 is 0 Å². The lowest BCUT2D eigenvalue weighted by molar-refractivity contribution is -0.122. The molecule has 0 radical (unpaired) electrons. The van der Waals surface area contributed by atoms with Crippen LogP contribution in [0.2, 0.25) is 0 Å². The summed E-state index contributed by atoms with van der Waals surface area (Å²) >= 11 is 0. The predicted octanol–water partition coefficient (Wildman–Crippen LogP) is 6.81. The number of hydrogen-bond acceptors (Lipinski definition) is 4. The van der Waals surface area contributed by atoms with E-state index >= 15 is 0 Å². The van der Waals surface area contributed by atoms with Crippen LogP contribution < -0.4 is 4.90 Å². The molecule has 36 heavy (non-hydrogen) atoms. The molecule has 3 aliphatic carbocycles. The number of benzene rings is 4. The van der Waals surface area contributed by atoms with Crippen LogP contribution in [-0.4, -0.2) is 11.8 Å². The summed E-state index contributed by atoms with van der Waals surface area (Å²) in [6.07, 6.45) is 0. The Hall–Kier alpha value is -4.38. The number of azo groups is 1. The van der Waals surface area contributed by atoms with Crippen molar-refractivity contribution in [1.82, 2.24) is 0 Å². The monoisotopic (exact) mass is 469 g/mol. The number of imide groups is 1. The van der Waals surface area contributed by atoms with Crippen molar-refractivity contribution in [2.45, 2.75) is 18.8 Å². The van der Waals surface area contributed by atoms with E-state index in [0.717, 1.165) is 5.69 Å². The fourth-order valence-electron chi connectivity index (χ4n) is 6.33. The molecule has 0 aromatic heterocycles. The minimum atomic E-state index is -0.381. The van der Waals surface area contributed by atoms with Crippen molar-refractivity contribution >= 4 is 28.9 Å². The molecule has 1 saturated heterocycles. The lowest BCUT2D eigenvalue weighted by atomic mass is 9.55. The van der Waals surface area contributed by atoms with Crippen LogP contribution in [0.15, 0.2) is 107 Å². The number of carbonyl (C=O) groups is 2. The number of carbonyl (C=O) groups excluding carboxylic acids is 2. The molecule has 1 aliphatic heterocycles. The zero-order chi connectivity index (χ0) is 24.4. The number of anilines is 1. The minimum absolute atomic E-state index is 0.101. The van der Waals surface area contributed by atoms with Crippen LogP contribution in [0.5, 0.6) is 0 Å². The molecule has 4 aliphatic rings. The average molecular weight is 470 g/mol. The van der Waals surface area contributed by atoms with Gasteiger partial charge in [0, 0.05) is 11.8 Å². The number of hydrogen-bond donors (Lipinski definition) is 0. The molecule has 2 atom stereocenters. The molecular weight excluding hydrogens is 446 g/mol. The fraction of sp³-hybridized carbons (Fsp3) is 0.161. The second-order valence-electron chi connectivity index (χ2n) is 9.83. The van der Waals surface area contributed by atoms with E-state index in [0.29, 0.717) is 11.4 Å².